The van der Waals surface area contributed by atoms with Crippen LogP contribution in [-0.2, 0) is 0 Å². The van der Waals surface area contributed by atoms with Crippen molar-refractivity contribution in [3.05, 3.63) is 33.2 Å². The molecule has 0 aliphatic carbocycles. The van der Waals surface area contributed by atoms with Gasteiger partial charge in [-0.15, -0.1) is 0 Å². The van der Waals surface area contributed by atoms with E-state index in [1.807, 2.05) is 0 Å². The first-order chi connectivity index (χ1) is 6.45. The molecule has 0 radical (unpaired) electrons. The number of rotatable bonds is 2. The molecule has 2 N–H and O–H groups in total. The van der Waals surface area contributed by atoms with Crippen molar-refractivity contribution in [2.45, 2.75) is 13.3 Å². The molecular weight excluding hydrogens is 196 g/mol. The monoisotopic (exact) mass is 203 g/mol. The Labute approximate surface area is 77.2 Å². The minimum atomic E-state index is -3.09. The van der Waals surface area contributed by atoms with Crippen LogP contribution in [0.1, 0.15) is 28.0 Å². The lowest BCUT2D eigenvalue weighted by molar-refractivity contribution is 0.0676. The van der Waals surface area contributed by atoms with E-state index in [1.165, 1.54) is 6.92 Å². The molecule has 0 amide bonds. The number of carbonyl (C=O) groups is 1. The molecule has 14 heavy (non-hydrogen) atoms. The van der Waals surface area contributed by atoms with Crippen LogP contribution < -0.4 is 5.43 Å². The SMILES string of the molecule is Cc1c[nH]c(C(=O)O)c(C(F)F)c1=O. The van der Waals surface area contributed by atoms with Crippen molar-refractivity contribution in [3.63, 3.8) is 0 Å². The molecule has 1 aromatic rings. The molecule has 1 heterocycles. The van der Waals surface area contributed by atoms with E-state index in [0.717, 1.165) is 6.20 Å². The predicted molar refractivity (Wildman–Crippen MR) is 43.7 cm³/mol. The molecule has 0 fully saturated rings. The Hall–Kier alpha value is -1.72. The van der Waals surface area contributed by atoms with Gasteiger partial charge in [0.25, 0.3) is 6.43 Å². The first kappa shape index (κ1) is 10.4. The van der Waals surface area contributed by atoms with Crippen molar-refractivity contribution in [2.75, 3.05) is 0 Å². The van der Waals surface area contributed by atoms with Crippen molar-refractivity contribution in [3.8, 4) is 0 Å². The summed E-state index contributed by atoms with van der Waals surface area (Å²) in [5.41, 5.74) is -2.62. The topological polar surface area (TPSA) is 70.2 Å². The van der Waals surface area contributed by atoms with Crippen LogP contribution in [-0.4, -0.2) is 16.1 Å². The van der Waals surface area contributed by atoms with Gasteiger partial charge in [0, 0.05) is 11.8 Å². The molecule has 4 nitrogen and oxygen atoms in total. The largest absolute Gasteiger partial charge is 0.477 e. The fourth-order valence-electron chi connectivity index (χ4n) is 1.03. The fraction of sp³-hybridized carbons (Fsp3) is 0.250. The van der Waals surface area contributed by atoms with Gasteiger partial charge in [0.2, 0.25) is 0 Å². The number of H-pyrrole nitrogens is 1. The van der Waals surface area contributed by atoms with E-state index < -0.39 is 29.1 Å². The third-order valence-corrected chi connectivity index (χ3v) is 1.74. The van der Waals surface area contributed by atoms with E-state index >= 15 is 0 Å². The Bertz CT molecular complexity index is 425. The van der Waals surface area contributed by atoms with Gasteiger partial charge in [-0.05, 0) is 6.92 Å². The lowest BCUT2D eigenvalue weighted by Crippen LogP contribution is -2.19. The minimum absolute atomic E-state index is 0.0605. The molecule has 1 aromatic heterocycles. The van der Waals surface area contributed by atoms with Crippen LogP contribution in [0.5, 0.6) is 0 Å². The summed E-state index contributed by atoms with van der Waals surface area (Å²) in [7, 11) is 0. The zero-order valence-electron chi connectivity index (χ0n) is 7.17. The summed E-state index contributed by atoms with van der Waals surface area (Å²) in [4.78, 5) is 23.8. The molecule has 76 valence electrons. The Morgan fingerprint density at radius 2 is 2.14 bits per heavy atom. The van der Waals surface area contributed by atoms with Gasteiger partial charge in [-0.2, -0.15) is 0 Å². The number of halogens is 2. The number of carboxylic acids is 1. The molecule has 0 saturated heterocycles. The van der Waals surface area contributed by atoms with Gasteiger partial charge in [-0.25, -0.2) is 13.6 Å². The molecule has 0 aliphatic rings. The molecule has 1 rings (SSSR count). The number of hydrogen-bond donors (Lipinski definition) is 2. The van der Waals surface area contributed by atoms with Gasteiger partial charge >= 0.3 is 5.97 Å². The summed E-state index contributed by atoms with van der Waals surface area (Å²) in [6.45, 7) is 1.33. The van der Waals surface area contributed by atoms with Crippen LogP contribution >= 0.6 is 0 Å². The summed E-state index contributed by atoms with van der Waals surface area (Å²) in [6.07, 6.45) is -2.00. The third kappa shape index (κ3) is 1.63. The second-order valence-electron chi connectivity index (χ2n) is 2.70. The number of aryl methyl sites for hydroxylation is 1. The number of aromatic amines is 1. The number of aromatic carboxylic acids is 1. The Morgan fingerprint density at radius 3 is 2.57 bits per heavy atom. The van der Waals surface area contributed by atoms with E-state index in [9.17, 15) is 18.4 Å². The van der Waals surface area contributed by atoms with Crippen molar-refractivity contribution in [1.82, 2.24) is 4.98 Å². The van der Waals surface area contributed by atoms with E-state index in [0.29, 0.717) is 0 Å². The standard InChI is InChI=1S/C8H7F2NO3/c1-3-2-11-5(8(13)14)4(6(3)12)7(9)10/h2,7H,1H3,(H,11,12)(H,13,14). The van der Waals surface area contributed by atoms with Crippen molar-refractivity contribution >= 4 is 5.97 Å². The molecular formula is C8H7F2NO3. The highest BCUT2D eigenvalue weighted by molar-refractivity contribution is 5.87. The van der Waals surface area contributed by atoms with E-state index in [4.69, 9.17) is 5.11 Å². The normalized spacial score (nSPS) is 10.6. The summed E-state index contributed by atoms with van der Waals surface area (Å²) in [6, 6.07) is 0. The molecule has 0 saturated carbocycles. The Morgan fingerprint density at radius 1 is 1.57 bits per heavy atom. The molecule has 0 unspecified atom stereocenters. The zero-order valence-corrected chi connectivity index (χ0v) is 7.17. The first-order valence-electron chi connectivity index (χ1n) is 3.68. The predicted octanol–water partition coefficient (Wildman–Crippen LogP) is 1.32. The Kier molecular flexibility index (Phi) is 2.64. The number of alkyl halides is 2. The van der Waals surface area contributed by atoms with Gasteiger partial charge in [0.1, 0.15) is 5.69 Å². The molecule has 0 bridgehead atoms. The second-order valence-corrected chi connectivity index (χ2v) is 2.70. The smallest absolute Gasteiger partial charge is 0.352 e. The summed E-state index contributed by atoms with van der Waals surface area (Å²) in [5, 5.41) is 8.53. The zero-order chi connectivity index (χ0) is 10.9. The maximum absolute atomic E-state index is 12.3. The number of nitrogens with one attached hydrogen (secondary N) is 1. The molecule has 0 spiro atoms. The third-order valence-electron chi connectivity index (χ3n) is 1.74. The minimum Gasteiger partial charge on any atom is -0.477 e. The lowest BCUT2D eigenvalue weighted by Gasteiger charge is -2.04. The van der Waals surface area contributed by atoms with Gasteiger partial charge in [0.15, 0.2) is 5.43 Å². The van der Waals surface area contributed by atoms with Crippen LogP contribution in [0.15, 0.2) is 11.0 Å². The van der Waals surface area contributed by atoms with Crippen molar-refractivity contribution in [2.24, 2.45) is 0 Å². The summed E-state index contributed by atoms with van der Waals surface area (Å²) < 4.78 is 24.7. The van der Waals surface area contributed by atoms with Crippen molar-refractivity contribution < 1.29 is 18.7 Å². The lowest BCUT2D eigenvalue weighted by atomic mass is 10.1. The average Bonchev–Trinajstić information content (AvgIpc) is 2.08. The summed E-state index contributed by atoms with van der Waals surface area (Å²) >= 11 is 0. The summed E-state index contributed by atoms with van der Waals surface area (Å²) in [5.74, 6) is -1.57. The highest BCUT2D eigenvalue weighted by Gasteiger charge is 2.22. The van der Waals surface area contributed by atoms with Gasteiger partial charge in [0.05, 0.1) is 5.56 Å². The Balaban J connectivity index is 3.54. The fourth-order valence-corrected chi connectivity index (χ4v) is 1.03. The number of pyridine rings is 1. The number of aromatic nitrogens is 1. The highest BCUT2D eigenvalue weighted by atomic mass is 19.3. The van der Waals surface area contributed by atoms with Crippen LogP contribution in [0.25, 0.3) is 0 Å². The van der Waals surface area contributed by atoms with Gasteiger partial charge < -0.3 is 10.1 Å². The van der Waals surface area contributed by atoms with Gasteiger partial charge in [-0.1, -0.05) is 0 Å². The maximum atomic E-state index is 12.3. The molecule has 0 aromatic carbocycles. The average molecular weight is 203 g/mol. The van der Waals surface area contributed by atoms with E-state index in [-0.39, 0.29) is 5.56 Å². The quantitative estimate of drug-likeness (QED) is 0.761. The van der Waals surface area contributed by atoms with Crippen LogP contribution in [0.3, 0.4) is 0 Å². The van der Waals surface area contributed by atoms with Crippen LogP contribution in [0.2, 0.25) is 0 Å². The molecule has 6 heteroatoms. The first-order valence-corrected chi connectivity index (χ1v) is 3.68. The van der Waals surface area contributed by atoms with Crippen LogP contribution in [0, 0.1) is 6.92 Å². The second kappa shape index (κ2) is 3.57. The number of carboxylic acid groups (broad SMARTS) is 1. The van der Waals surface area contributed by atoms with Gasteiger partial charge in [-0.3, -0.25) is 4.79 Å². The van der Waals surface area contributed by atoms with Crippen LogP contribution in [0.4, 0.5) is 8.78 Å². The van der Waals surface area contributed by atoms with E-state index in [2.05, 4.69) is 4.98 Å². The highest BCUT2D eigenvalue weighted by Crippen LogP contribution is 2.18. The maximum Gasteiger partial charge on any atom is 0.352 e. The van der Waals surface area contributed by atoms with E-state index in [1.54, 1.807) is 0 Å². The molecule has 0 atom stereocenters. The van der Waals surface area contributed by atoms with Crippen molar-refractivity contribution in [1.29, 1.82) is 0 Å². The molecule has 0 aliphatic heterocycles. The number of hydrogen-bond acceptors (Lipinski definition) is 2.